The SMILES string of the molecule is C1=C(c2cccc(CNC3CC3)c2)CCCC1. The van der Waals surface area contributed by atoms with Gasteiger partial charge in [-0.1, -0.05) is 30.3 Å². The summed E-state index contributed by atoms with van der Waals surface area (Å²) in [5, 5.41) is 3.58. The molecule has 1 N–H and O–H groups in total. The molecule has 0 unspecified atom stereocenters. The molecule has 2 aliphatic carbocycles. The first kappa shape index (κ1) is 11.0. The third kappa shape index (κ3) is 2.98. The highest BCUT2D eigenvalue weighted by molar-refractivity contribution is 5.66. The molecule has 1 aromatic carbocycles. The minimum absolute atomic E-state index is 0.799. The molecular weight excluding hydrogens is 206 g/mol. The molecule has 17 heavy (non-hydrogen) atoms. The molecule has 90 valence electrons. The van der Waals surface area contributed by atoms with Crippen LogP contribution in [0, 0.1) is 0 Å². The average molecular weight is 227 g/mol. The van der Waals surface area contributed by atoms with Crippen molar-refractivity contribution < 1.29 is 0 Å². The van der Waals surface area contributed by atoms with E-state index in [-0.39, 0.29) is 0 Å². The van der Waals surface area contributed by atoms with Gasteiger partial charge >= 0.3 is 0 Å². The van der Waals surface area contributed by atoms with Crippen molar-refractivity contribution in [3.63, 3.8) is 0 Å². The largest absolute Gasteiger partial charge is 0.310 e. The molecular formula is C16H21N. The normalized spacial score (nSPS) is 20.1. The highest BCUT2D eigenvalue weighted by Gasteiger charge is 2.19. The molecule has 0 aromatic heterocycles. The molecule has 1 saturated carbocycles. The summed E-state index contributed by atoms with van der Waals surface area (Å²) in [6.07, 6.45) is 10.4. The van der Waals surface area contributed by atoms with Crippen LogP contribution in [0.2, 0.25) is 0 Å². The van der Waals surface area contributed by atoms with E-state index in [1.54, 1.807) is 5.57 Å². The molecule has 2 aliphatic rings. The lowest BCUT2D eigenvalue weighted by Gasteiger charge is -2.14. The predicted molar refractivity (Wildman–Crippen MR) is 72.7 cm³/mol. The Hall–Kier alpha value is -1.08. The summed E-state index contributed by atoms with van der Waals surface area (Å²) >= 11 is 0. The summed E-state index contributed by atoms with van der Waals surface area (Å²) in [5.74, 6) is 0. The highest BCUT2D eigenvalue weighted by Crippen LogP contribution is 2.27. The number of rotatable bonds is 4. The Labute approximate surface area is 104 Å². The molecule has 0 atom stereocenters. The maximum atomic E-state index is 3.58. The van der Waals surface area contributed by atoms with Crippen molar-refractivity contribution in [2.24, 2.45) is 0 Å². The van der Waals surface area contributed by atoms with E-state index in [9.17, 15) is 0 Å². The minimum atomic E-state index is 0.799. The predicted octanol–water partition coefficient (Wildman–Crippen LogP) is 3.90. The van der Waals surface area contributed by atoms with Crippen LogP contribution in [0.25, 0.3) is 5.57 Å². The second-order valence-corrected chi connectivity index (χ2v) is 5.33. The molecule has 1 heteroatoms. The van der Waals surface area contributed by atoms with Gasteiger partial charge in [0, 0.05) is 12.6 Å². The van der Waals surface area contributed by atoms with Gasteiger partial charge in [-0.25, -0.2) is 0 Å². The van der Waals surface area contributed by atoms with Crippen molar-refractivity contribution in [1.29, 1.82) is 0 Å². The van der Waals surface area contributed by atoms with Crippen LogP contribution in [0.5, 0.6) is 0 Å². The van der Waals surface area contributed by atoms with Gasteiger partial charge in [0.1, 0.15) is 0 Å². The third-order valence-electron chi connectivity index (χ3n) is 3.76. The van der Waals surface area contributed by atoms with Gasteiger partial charge in [-0.3, -0.25) is 0 Å². The Balaban J connectivity index is 1.70. The van der Waals surface area contributed by atoms with E-state index in [0.717, 1.165) is 12.6 Å². The van der Waals surface area contributed by atoms with E-state index in [0.29, 0.717) is 0 Å². The van der Waals surface area contributed by atoms with E-state index in [2.05, 4.69) is 35.7 Å². The second-order valence-electron chi connectivity index (χ2n) is 5.33. The highest BCUT2D eigenvalue weighted by atomic mass is 14.9. The average Bonchev–Trinajstić information content (AvgIpc) is 3.22. The number of benzene rings is 1. The Morgan fingerprint density at radius 3 is 2.88 bits per heavy atom. The molecule has 0 bridgehead atoms. The quantitative estimate of drug-likeness (QED) is 0.822. The van der Waals surface area contributed by atoms with Crippen molar-refractivity contribution >= 4 is 5.57 Å². The van der Waals surface area contributed by atoms with Crippen LogP contribution in [0.3, 0.4) is 0 Å². The number of hydrogen-bond donors (Lipinski definition) is 1. The topological polar surface area (TPSA) is 12.0 Å². The molecule has 0 saturated heterocycles. The van der Waals surface area contributed by atoms with Crippen LogP contribution in [0.4, 0.5) is 0 Å². The molecule has 1 nitrogen and oxygen atoms in total. The lowest BCUT2D eigenvalue weighted by atomic mass is 9.93. The van der Waals surface area contributed by atoms with Gasteiger partial charge in [-0.05, 0) is 55.2 Å². The third-order valence-corrected chi connectivity index (χ3v) is 3.76. The van der Waals surface area contributed by atoms with Crippen LogP contribution < -0.4 is 5.32 Å². The fraction of sp³-hybridized carbons (Fsp3) is 0.500. The van der Waals surface area contributed by atoms with Gasteiger partial charge in [0.25, 0.3) is 0 Å². The first-order valence-electron chi connectivity index (χ1n) is 6.93. The van der Waals surface area contributed by atoms with E-state index in [1.165, 1.54) is 49.7 Å². The fourth-order valence-electron chi connectivity index (χ4n) is 2.53. The van der Waals surface area contributed by atoms with Gasteiger partial charge < -0.3 is 5.32 Å². The molecule has 0 aliphatic heterocycles. The van der Waals surface area contributed by atoms with Gasteiger partial charge in [0.15, 0.2) is 0 Å². The summed E-state index contributed by atoms with van der Waals surface area (Å²) in [5.41, 5.74) is 4.44. The number of nitrogens with one attached hydrogen (secondary N) is 1. The summed E-state index contributed by atoms with van der Waals surface area (Å²) in [6.45, 7) is 1.03. The Morgan fingerprint density at radius 1 is 1.18 bits per heavy atom. The molecule has 1 fully saturated rings. The molecule has 0 heterocycles. The van der Waals surface area contributed by atoms with Gasteiger partial charge in [0.2, 0.25) is 0 Å². The van der Waals surface area contributed by atoms with Crippen molar-refractivity contribution in [1.82, 2.24) is 5.32 Å². The van der Waals surface area contributed by atoms with Crippen LogP contribution in [0.1, 0.15) is 49.7 Å². The van der Waals surface area contributed by atoms with Crippen molar-refractivity contribution in [3.8, 4) is 0 Å². The smallest absolute Gasteiger partial charge is 0.0208 e. The summed E-state index contributed by atoms with van der Waals surface area (Å²) < 4.78 is 0. The van der Waals surface area contributed by atoms with Crippen molar-refractivity contribution in [3.05, 3.63) is 41.5 Å². The summed E-state index contributed by atoms with van der Waals surface area (Å²) in [6, 6.07) is 9.87. The van der Waals surface area contributed by atoms with Gasteiger partial charge in [-0.15, -0.1) is 0 Å². The molecule has 1 aromatic rings. The maximum Gasteiger partial charge on any atom is 0.0208 e. The van der Waals surface area contributed by atoms with Crippen molar-refractivity contribution in [2.45, 2.75) is 51.1 Å². The van der Waals surface area contributed by atoms with Crippen LogP contribution in [-0.2, 0) is 6.54 Å². The molecule has 3 rings (SSSR count). The second kappa shape index (κ2) is 5.05. The van der Waals surface area contributed by atoms with E-state index in [4.69, 9.17) is 0 Å². The van der Waals surface area contributed by atoms with E-state index in [1.807, 2.05) is 0 Å². The number of hydrogen-bond acceptors (Lipinski definition) is 1. The zero-order chi connectivity index (χ0) is 11.5. The fourth-order valence-corrected chi connectivity index (χ4v) is 2.53. The van der Waals surface area contributed by atoms with E-state index >= 15 is 0 Å². The standard InChI is InChI=1S/C16H21N/c1-2-6-14(7-3-1)15-8-4-5-13(11-15)12-17-16-9-10-16/h4-6,8,11,16-17H,1-3,7,9-10,12H2. The zero-order valence-corrected chi connectivity index (χ0v) is 10.4. The van der Waals surface area contributed by atoms with E-state index < -0.39 is 0 Å². The van der Waals surface area contributed by atoms with Crippen LogP contribution in [0.15, 0.2) is 30.3 Å². The number of allylic oxidation sites excluding steroid dienone is 2. The lowest BCUT2D eigenvalue weighted by Crippen LogP contribution is -2.15. The lowest BCUT2D eigenvalue weighted by molar-refractivity contribution is 0.687. The first-order valence-corrected chi connectivity index (χ1v) is 6.93. The maximum absolute atomic E-state index is 3.58. The van der Waals surface area contributed by atoms with Crippen LogP contribution in [-0.4, -0.2) is 6.04 Å². The zero-order valence-electron chi connectivity index (χ0n) is 10.4. The van der Waals surface area contributed by atoms with Crippen molar-refractivity contribution in [2.75, 3.05) is 0 Å². The Morgan fingerprint density at radius 2 is 2.12 bits per heavy atom. The van der Waals surface area contributed by atoms with Gasteiger partial charge in [0.05, 0.1) is 0 Å². The van der Waals surface area contributed by atoms with Gasteiger partial charge in [-0.2, -0.15) is 0 Å². The monoisotopic (exact) mass is 227 g/mol. The summed E-state index contributed by atoms with van der Waals surface area (Å²) in [4.78, 5) is 0. The molecule has 0 amide bonds. The first-order chi connectivity index (χ1) is 8.42. The van der Waals surface area contributed by atoms with Crippen LogP contribution >= 0.6 is 0 Å². The summed E-state index contributed by atoms with van der Waals surface area (Å²) in [7, 11) is 0. The molecule has 0 spiro atoms. The minimum Gasteiger partial charge on any atom is -0.310 e. The Kier molecular flexibility index (Phi) is 3.28. The molecule has 0 radical (unpaired) electrons. The Bertz CT molecular complexity index is 415.